The van der Waals surface area contributed by atoms with Crippen molar-refractivity contribution >= 4 is 11.8 Å². The number of rotatable bonds is 7. The first-order chi connectivity index (χ1) is 13.9. The molecule has 0 aliphatic rings. The van der Waals surface area contributed by atoms with Crippen molar-refractivity contribution in [3.8, 4) is 17.1 Å². The lowest BCUT2D eigenvalue weighted by Crippen LogP contribution is -2.01. The monoisotopic (exact) mass is 384 g/mol. The van der Waals surface area contributed by atoms with E-state index in [2.05, 4.69) is 62.7 Å². The van der Waals surface area contributed by atoms with Crippen LogP contribution in [0.2, 0.25) is 0 Å². The van der Waals surface area contributed by atoms with E-state index in [0.29, 0.717) is 0 Å². The maximum absolute atomic E-state index is 4.54. The fourth-order valence-electron chi connectivity index (χ4n) is 3.04. The Morgan fingerprint density at radius 3 is 2.25 bits per heavy atom. The molecule has 2 aromatic carbocycles. The molecule has 2 heterocycles. The summed E-state index contributed by atoms with van der Waals surface area (Å²) in [6.45, 7) is 3.94. The first-order valence-corrected chi connectivity index (χ1v) is 9.98. The van der Waals surface area contributed by atoms with Crippen molar-refractivity contribution in [1.29, 1.82) is 0 Å². The number of para-hydroxylation sites is 1. The molecule has 0 fully saturated rings. The van der Waals surface area contributed by atoms with Crippen molar-refractivity contribution in [2.45, 2.75) is 16.8 Å². The van der Waals surface area contributed by atoms with Gasteiger partial charge in [0.2, 0.25) is 0 Å². The van der Waals surface area contributed by atoms with Crippen LogP contribution >= 0.6 is 11.8 Å². The van der Waals surface area contributed by atoms with Crippen LogP contribution in [-0.2, 0) is 0 Å². The Balaban J connectivity index is 1.79. The first-order valence-electron chi connectivity index (χ1n) is 9.10. The Morgan fingerprint density at radius 1 is 0.893 bits per heavy atom. The Kier molecular flexibility index (Phi) is 5.64. The van der Waals surface area contributed by atoms with Gasteiger partial charge in [-0.15, -0.1) is 16.8 Å². The summed E-state index contributed by atoms with van der Waals surface area (Å²) in [6, 6.07) is 24.6. The molecule has 0 N–H and O–H groups in total. The van der Waals surface area contributed by atoms with Crippen molar-refractivity contribution in [3.05, 3.63) is 103 Å². The molecular formula is C23H20N4S. The number of pyridine rings is 1. The maximum Gasteiger partial charge on any atom is 0.196 e. The topological polar surface area (TPSA) is 43.6 Å². The number of nitrogens with zero attached hydrogens (tertiary/aromatic N) is 4. The van der Waals surface area contributed by atoms with Crippen LogP contribution in [0.25, 0.3) is 17.1 Å². The fraction of sp³-hybridized carbons (Fsp3) is 0.0870. The van der Waals surface area contributed by atoms with E-state index in [0.717, 1.165) is 28.7 Å². The molecule has 1 unspecified atom stereocenters. The number of benzene rings is 2. The number of hydrogen-bond acceptors (Lipinski definition) is 4. The lowest BCUT2D eigenvalue weighted by Gasteiger charge is -2.16. The van der Waals surface area contributed by atoms with Gasteiger partial charge in [-0.2, -0.15) is 0 Å². The van der Waals surface area contributed by atoms with Gasteiger partial charge in [-0.1, -0.05) is 66.4 Å². The summed E-state index contributed by atoms with van der Waals surface area (Å²) in [5.41, 5.74) is 3.27. The smallest absolute Gasteiger partial charge is 0.196 e. The first kappa shape index (κ1) is 18.2. The predicted molar refractivity (Wildman–Crippen MR) is 114 cm³/mol. The largest absolute Gasteiger partial charge is 0.270 e. The summed E-state index contributed by atoms with van der Waals surface area (Å²) in [4.78, 5) is 4.12. The van der Waals surface area contributed by atoms with Crippen molar-refractivity contribution in [2.24, 2.45) is 0 Å². The van der Waals surface area contributed by atoms with Crippen molar-refractivity contribution < 1.29 is 0 Å². The van der Waals surface area contributed by atoms with E-state index in [4.69, 9.17) is 0 Å². The van der Waals surface area contributed by atoms with Crippen LogP contribution in [0.3, 0.4) is 0 Å². The summed E-state index contributed by atoms with van der Waals surface area (Å²) in [6.07, 6.45) is 6.35. The molecule has 0 radical (unpaired) electrons. The van der Waals surface area contributed by atoms with Crippen molar-refractivity contribution in [1.82, 2.24) is 19.7 Å². The average molecular weight is 385 g/mol. The van der Waals surface area contributed by atoms with Crippen molar-refractivity contribution in [3.63, 3.8) is 0 Å². The summed E-state index contributed by atoms with van der Waals surface area (Å²) in [5, 5.41) is 10.1. The zero-order chi connectivity index (χ0) is 19.2. The molecule has 2 aromatic heterocycles. The lowest BCUT2D eigenvalue weighted by atomic mass is 10.1. The van der Waals surface area contributed by atoms with Gasteiger partial charge >= 0.3 is 0 Å². The third kappa shape index (κ3) is 3.89. The second-order valence-electron chi connectivity index (χ2n) is 6.25. The van der Waals surface area contributed by atoms with E-state index in [1.54, 1.807) is 24.2 Å². The van der Waals surface area contributed by atoms with Crippen LogP contribution in [0, 0.1) is 0 Å². The molecule has 5 heteroatoms. The predicted octanol–water partition coefficient (Wildman–Crippen LogP) is 5.74. The molecule has 0 saturated carbocycles. The van der Waals surface area contributed by atoms with E-state index in [1.165, 1.54) is 5.56 Å². The van der Waals surface area contributed by atoms with Crippen LogP contribution in [0.15, 0.2) is 103 Å². The van der Waals surface area contributed by atoms with Crippen LogP contribution in [0.5, 0.6) is 0 Å². The van der Waals surface area contributed by atoms with Crippen LogP contribution < -0.4 is 0 Å². The van der Waals surface area contributed by atoms with Crippen LogP contribution in [0.4, 0.5) is 0 Å². The number of aromatic nitrogens is 4. The molecule has 0 amide bonds. The van der Waals surface area contributed by atoms with Crippen molar-refractivity contribution in [2.75, 3.05) is 0 Å². The third-order valence-corrected chi connectivity index (χ3v) is 5.61. The van der Waals surface area contributed by atoms with E-state index in [9.17, 15) is 0 Å². The Hall–Kier alpha value is -3.18. The van der Waals surface area contributed by atoms with Gasteiger partial charge in [0.1, 0.15) is 0 Å². The van der Waals surface area contributed by atoms with Gasteiger partial charge < -0.3 is 0 Å². The lowest BCUT2D eigenvalue weighted by molar-refractivity contribution is 0.868. The number of thioether (sulfide) groups is 1. The molecule has 0 aliphatic heterocycles. The minimum Gasteiger partial charge on any atom is -0.270 e. The standard InChI is InChI=1S/C23H20N4S/c1-2-9-21(18-10-5-3-6-11-18)28-23-26-25-22(19-14-16-24-17-15-19)27(23)20-12-7-4-8-13-20/h2-8,10-17,21H,1,9H2. The summed E-state index contributed by atoms with van der Waals surface area (Å²) >= 11 is 1.71. The van der Waals surface area contributed by atoms with Gasteiger partial charge in [0.05, 0.1) is 0 Å². The maximum atomic E-state index is 4.54. The summed E-state index contributed by atoms with van der Waals surface area (Å²) in [7, 11) is 0. The zero-order valence-electron chi connectivity index (χ0n) is 15.3. The zero-order valence-corrected chi connectivity index (χ0v) is 16.2. The highest BCUT2D eigenvalue weighted by Crippen LogP contribution is 2.39. The van der Waals surface area contributed by atoms with E-state index < -0.39 is 0 Å². The SMILES string of the molecule is C=CCC(Sc1nnc(-c2ccncc2)n1-c1ccccc1)c1ccccc1. The van der Waals surface area contributed by atoms with Gasteiger partial charge in [-0.25, -0.2) is 0 Å². The molecular weight excluding hydrogens is 364 g/mol. The Labute approximate surface area is 169 Å². The Morgan fingerprint density at radius 2 is 1.57 bits per heavy atom. The molecule has 28 heavy (non-hydrogen) atoms. The molecule has 4 rings (SSSR count). The van der Waals surface area contributed by atoms with Gasteiger partial charge in [0.25, 0.3) is 0 Å². The summed E-state index contributed by atoms with van der Waals surface area (Å²) in [5.74, 6) is 0.807. The van der Waals surface area contributed by atoms with Gasteiger partial charge in [0, 0.05) is 28.9 Å². The number of hydrogen-bond donors (Lipinski definition) is 0. The quantitative estimate of drug-likeness (QED) is 0.301. The third-order valence-electron chi connectivity index (χ3n) is 4.39. The molecule has 4 aromatic rings. The van der Waals surface area contributed by atoms with E-state index >= 15 is 0 Å². The molecule has 0 saturated heterocycles. The van der Waals surface area contributed by atoms with Gasteiger partial charge in [-0.05, 0) is 36.2 Å². The van der Waals surface area contributed by atoms with Gasteiger partial charge in [-0.3, -0.25) is 9.55 Å². The average Bonchev–Trinajstić information content (AvgIpc) is 3.19. The molecule has 4 nitrogen and oxygen atoms in total. The molecule has 0 bridgehead atoms. The molecule has 1 atom stereocenters. The highest BCUT2D eigenvalue weighted by Gasteiger charge is 2.20. The molecule has 0 aliphatic carbocycles. The minimum atomic E-state index is 0.218. The van der Waals surface area contributed by atoms with E-state index in [-0.39, 0.29) is 5.25 Å². The molecule has 0 spiro atoms. The fourth-order valence-corrected chi connectivity index (χ4v) is 4.21. The number of allylic oxidation sites excluding steroid dienone is 1. The second kappa shape index (κ2) is 8.67. The second-order valence-corrected chi connectivity index (χ2v) is 7.42. The highest BCUT2D eigenvalue weighted by atomic mass is 32.2. The summed E-state index contributed by atoms with van der Waals surface area (Å²) < 4.78 is 2.11. The van der Waals surface area contributed by atoms with Crippen LogP contribution in [-0.4, -0.2) is 19.7 Å². The van der Waals surface area contributed by atoms with Gasteiger partial charge in [0.15, 0.2) is 11.0 Å². The van der Waals surface area contributed by atoms with E-state index in [1.807, 2.05) is 42.5 Å². The highest BCUT2D eigenvalue weighted by molar-refractivity contribution is 7.99. The Bertz CT molecular complexity index is 1030. The molecule has 138 valence electrons. The van der Waals surface area contributed by atoms with Crippen LogP contribution in [0.1, 0.15) is 17.2 Å². The minimum absolute atomic E-state index is 0.218. The normalized spacial score (nSPS) is 11.9.